The zero-order valence-electron chi connectivity index (χ0n) is 28.5. The van der Waals surface area contributed by atoms with E-state index in [1.54, 1.807) is 0 Å². The Hall–Kier alpha value is -5.48. The topological polar surface area (TPSA) is 50.9 Å². The van der Waals surface area contributed by atoms with Gasteiger partial charge < -0.3 is 5.11 Å². The van der Waals surface area contributed by atoms with Crippen LogP contribution in [0.2, 0.25) is 0 Å². The molecule has 7 aromatic rings. The highest BCUT2D eigenvalue weighted by atomic mass is 16.3. The van der Waals surface area contributed by atoms with E-state index in [2.05, 4.69) is 125 Å². The summed E-state index contributed by atoms with van der Waals surface area (Å²) in [6, 6.07) is 43.8. The minimum Gasteiger partial charge on any atom is -0.507 e. The quantitative estimate of drug-likeness (QED) is 0.207. The Bertz CT molecular complexity index is 2250. The third kappa shape index (κ3) is 5.91. The van der Waals surface area contributed by atoms with Gasteiger partial charge in [-0.1, -0.05) is 114 Å². The van der Waals surface area contributed by atoms with Crippen LogP contribution >= 0.6 is 0 Å². The molecule has 0 bridgehead atoms. The Morgan fingerprint density at radius 3 is 1.90 bits per heavy atom. The van der Waals surface area contributed by atoms with Gasteiger partial charge in [0.1, 0.15) is 11.6 Å². The number of hydrogen-bond donors (Lipinski definition) is 1. The molecular weight excluding hydrogens is 587 g/mol. The SMILES string of the molecule is CC(C)(C)c1ccnc(-c2cccc(-c3cc(C(C)(C)C)cc4c3nc(-c3ccc(-c5ccccc5)cc3O)n4-c3ccccc3)c2)c1. The molecule has 0 unspecified atom stereocenters. The van der Waals surface area contributed by atoms with Crippen LogP contribution in [0.25, 0.3) is 61.6 Å². The standard InChI is InChI=1S/C44H41N3O/c1-43(2,3)33-22-23-45-38(27-33)32-17-13-16-31(24-32)37-26-34(44(4,5)6)28-39-41(37)46-42(47(39)35-18-11-8-12-19-35)36-21-20-30(25-40(36)48)29-14-9-7-10-15-29/h7-28,48H,1-6H3. The van der Waals surface area contributed by atoms with Gasteiger partial charge in [0, 0.05) is 23.0 Å². The number of para-hydroxylation sites is 1. The second-order valence-corrected chi connectivity index (χ2v) is 14.6. The molecule has 2 heterocycles. The third-order valence-corrected chi connectivity index (χ3v) is 9.08. The first-order valence-electron chi connectivity index (χ1n) is 16.6. The zero-order chi connectivity index (χ0) is 33.6. The summed E-state index contributed by atoms with van der Waals surface area (Å²) >= 11 is 0. The summed E-state index contributed by atoms with van der Waals surface area (Å²) in [5, 5.41) is 11.6. The first kappa shape index (κ1) is 31.1. The summed E-state index contributed by atoms with van der Waals surface area (Å²) in [5.41, 5.74) is 12.0. The number of fused-ring (bicyclic) bond motifs is 1. The van der Waals surface area contributed by atoms with Crippen molar-refractivity contribution in [3.8, 4) is 56.3 Å². The van der Waals surface area contributed by atoms with E-state index >= 15 is 0 Å². The molecule has 0 aliphatic heterocycles. The molecule has 238 valence electrons. The molecule has 0 radical (unpaired) electrons. The number of hydrogen-bond acceptors (Lipinski definition) is 3. The van der Waals surface area contributed by atoms with Crippen LogP contribution in [0.1, 0.15) is 52.7 Å². The van der Waals surface area contributed by atoms with E-state index in [0.717, 1.165) is 50.2 Å². The maximum absolute atomic E-state index is 11.6. The smallest absolute Gasteiger partial charge is 0.149 e. The predicted octanol–water partition coefficient (Wildman–Crippen LogP) is 11.4. The van der Waals surface area contributed by atoms with Crippen LogP contribution in [0.4, 0.5) is 0 Å². The fourth-order valence-electron chi connectivity index (χ4n) is 6.28. The van der Waals surface area contributed by atoms with Crippen molar-refractivity contribution in [2.45, 2.75) is 52.4 Å². The lowest BCUT2D eigenvalue weighted by Gasteiger charge is -2.21. The van der Waals surface area contributed by atoms with Crippen molar-refractivity contribution in [1.29, 1.82) is 0 Å². The Balaban J connectivity index is 1.48. The average molecular weight is 628 g/mol. The Morgan fingerprint density at radius 2 is 1.21 bits per heavy atom. The summed E-state index contributed by atoms with van der Waals surface area (Å²) in [6.07, 6.45) is 1.91. The fourth-order valence-corrected chi connectivity index (χ4v) is 6.28. The van der Waals surface area contributed by atoms with Crippen molar-refractivity contribution in [3.05, 3.63) is 145 Å². The summed E-state index contributed by atoms with van der Waals surface area (Å²) in [7, 11) is 0. The van der Waals surface area contributed by atoms with E-state index in [9.17, 15) is 5.11 Å². The van der Waals surface area contributed by atoms with Crippen LogP contribution in [0.5, 0.6) is 5.75 Å². The summed E-state index contributed by atoms with van der Waals surface area (Å²) in [5.74, 6) is 0.879. The van der Waals surface area contributed by atoms with Crippen LogP contribution in [0.3, 0.4) is 0 Å². The van der Waals surface area contributed by atoms with Gasteiger partial charge in [0.2, 0.25) is 0 Å². The van der Waals surface area contributed by atoms with E-state index in [1.165, 1.54) is 11.1 Å². The van der Waals surface area contributed by atoms with Crippen molar-refractivity contribution in [1.82, 2.24) is 14.5 Å². The average Bonchev–Trinajstić information content (AvgIpc) is 3.47. The van der Waals surface area contributed by atoms with Gasteiger partial charge in [-0.15, -0.1) is 0 Å². The second kappa shape index (κ2) is 12.0. The van der Waals surface area contributed by atoms with Gasteiger partial charge in [0.15, 0.2) is 0 Å². The van der Waals surface area contributed by atoms with Crippen molar-refractivity contribution in [2.24, 2.45) is 0 Å². The first-order valence-corrected chi connectivity index (χ1v) is 16.6. The summed E-state index contributed by atoms with van der Waals surface area (Å²) in [6.45, 7) is 13.4. The van der Waals surface area contributed by atoms with E-state index in [1.807, 2.05) is 54.7 Å². The third-order valence-electron chi connectivity index (χ3n) is 9.08. The molecule has 48 heavy (non-hydrogen) atoms. The molecule has 2 aromatic heterocycles. The monoisotopic (exact) mass is 627 g/mol. The number of imidazole rings is 1. The van der Waals surface area contributed by atoms with E-state index in [-0.39, 0.29) is 16.6 Å². The highest BCUT2D eigenvalue weighted by molar-refractivity contribution is 5.97. The number of pyridine rings is 1. The van der Waals surface area contributed by atoms with Gasteiger partial charge >= 0.3 is 0 Å². The molecular formula is C44H41N3O. The summed E-state index contributed by atoms with van der Waals surface area (Å²) < 4.78 is 2.18. The molecule has 0 saturated carbocycles. The maximum atomic E-state index is 11.6. The van der Waals surface area contributed by atoms with Gasteiger partial charge in [-0.05, 0) is 93.2 Å². The minimum atomic E-state index is -0.117. The first-order chi connectivity index (χ1) is 23.0. The Labute approximate surface area is 283 Å². The largest absolute Gasteiger partial charge is 0.507 e. The van der Waals surface area contributed by atoms with Crippen LogP contribution in [-0.4, -0.2) is 19.6 Å². The van der Waals surface area contributed by atoms with Gasteiger partial charge in [-0.2, -0.15) is 0 Å². The second-order valence-electron chi connectivity index (χ2n) is 14.6. The normalized spacial score (nSPS) is 12.0. The van der Waals surface area contributed by atoms with Gasteiger partial charge in [-0.25, -0.2) is 4.98 Å². The molecule has 0 aliphatic carbocycles. The number of benzene rings is 5. The number of rotatable bonds is 5. The molecule has 0 spiro atoms. The number of aromatic nitrogens is 3. The lowest BCUT2D eigenvalue weighted by atomic mass is 9.84. The van der Waals surface area contributed by atoms with Crippen LogP contribution in [0, 0.1) is 0 Å². The van der Waals surface area contributed by atoms with Crippen molar-refractivity contribution < 1.29 is 5.11 Å². The van der Waals surface area contributed by atoms with Crippen molar-refractivity contribution >= 4 is 11.0 Å². The zero-order valence-corrected chi connectivity index (χ0v) is 28.5. The molecule has 0 saturated heterocycles. The lowest BCUT2D eigenvalue weighted by Crippen LogP contribution is -2.11. The highest BCUT2D eigenvalue weighted by Crippen LogP contribution is 2.41. The molecule has 0 aliphatic rings. The van der Waals surface area contributed by atoms with Crippen LogP contribution < -0.4 is 0 Å². The highest BCUT2D eigenvalue weighted by Gasteiger charge is 2.24. The Kier molecular flexibility index (Phi) is 7.75. The molecule has 5 aromatic carbocycles. The van der Waals surface area contributed by atoms with Crippen molar-refractivity contribution in [3.63, 3.8) is 0 Å². The van der Waals surface area contributed by atoms with Gasteiger partial charge in [0.05, 0.1) is 22.3 Å². The van der Waals surface area contributed by atoms with Crippen LogP contribution in [0.15, 0.2) is 134 Å². The molecule has 1 N–H and O–H groups in total. The Morgan fingerprint density at radius 1 is 0.542 bits per heavy atom. The number of phenolic OH excluding ortho intramolecular Hbond substituents is 1. The summed E-state index contributed by atoms with van der Waals surface area (Å²) in [4.78, 5) is 10.1. The molecule has 0 fully saturated rings. The number of aromatic hydroxyl groups is 1. The lowest BCUT2D eigenvalue weighted by molar-refractivity contribution is 0.477. The van der Waals surface area contributed by atoms with Crippen molar-refractivity contribution in [2.75, 3.05) is 0 Å². The van der Waals surface area contributed by atoms with Gasteiger partial charge in [0.25, 0.3) is 0 Å². The van der Waals surface area contributed by atoms with E-state index in [4.69, 9.17) is 9.97 Å². The molecule has 4 heteroatoms. The molecule has 4 nitrogen and oxygen atoms in total. The molecule has 7 rings (SSSR count). The predicted molar refractivity (Wildman–Crippen MR) is 200 cm³/mol. The number of nitrogens with zero attached hydrogens (tertiary/aromatic N) is 3. The van der Waals surface area contributed by atoms with Crippen LogP contribution in [-0.2, 0) is 10.8 Å². The minimum absolute atomic E-state index is 0.0219. The number of phenols is 1. The van der Waals surface area contributed by atoms with Gasteiger partial charge in [-0.3, -0.25) is 9.55 Å². The maximum Gasteiger partial charge on any atom is 0.149 e. The van der Waals surface area contributed by atoms with E-state index in [0.29, 0.717) is 11.4 Å². The van der Waals surface area contributed by atoms with E-state index < -0.39 is 0 Å². The molecule has 0 atom stereocenters. The molecule has 0 amide bonds. The fraction of sp³-hybridized carbons (Fsp3) is 0.182.